The van der Waals surface area contributed by atoms with Gasteiger partial charge in [-0.05, 0) is 23.8 Å². The molecule has 1 fully saturated rings. The fraction of sp³-hybridized carbons (Fsp3) is 0.348. The van der Waals surface area contributed by atoms with E-state index in [2.05, 4.69) is 25.2 Å². The molecule has 0 aliphatic heterocycles. The number of aromatic nitrogens is 6. The van der Waals surface area contributed by atoms with Gasteiger partial charge in [-0.1, -0.05) is 37.4 Å². The molecule has 0 bridgehead atoms. The molecule has 0 aromatic carbocycles. The van der Waals surface area contributed by atoms with Crippen LogP contribution in [-0.4, -0.2) is 43.6 Å². The number of nitrogens with zero attached hydrogens (tertiary/aromatic N) is 6. The molecule has 4 aromatic rings. The van der Waals surface area contributed by atoms with E-state index >= 15 is 0 Å². The molecule has 9 nitrogen and oxygen atoms in total. The Morgan fingerprint density at radius 2 is 1.91 bits per heavy atom. The number of anilines is 1. The molecule has 2 N–H and O–H groups in total. The van der Waals surface area contributed by atoms with Gasteiger partial charge < -0.3 is 15.0 Å². The van der Waals surface area contributed by atoms with Gasteiger partial charge in [-0.15, -0.1) is 0 Å². The molecular formula is C23H27N7O2. The van der Waals surface area contributed by atoms with E-state index in [1.807, 2.05) is 37.5 Å². The minimum atomic E-state index is -0.0675. The summed E-state index contributed by atoms with van der Waals surface area (Å²) in [5, 5.41) is 8.40. The Labute approximate surface area is 186 Å². The highest BCUT2D eigenvalue weighted by atomic mass is 16.5. The second-order valence-corrected chi connectivity index (χ2v) is 7.67. The summed E-state index contributed by atoms with van der Waals surface area (Å²) >= 11 is 0. The minimum Gasteiger partial charge on any atom is -0.384 e. The predicted octanol–water partition coefficient (Wildman–Crippen LogP) is 3.94. The Kier molecular flexibility index (Phi) is 6.86. The maximum absolute atomic E-state index is 5.63. The van der Waals surface area contributed by atoms with Crippen LogP contribution >= 0.6 is 0 Å². The van der Waals surface area contributed by atoms with Crippen LogP contribution < -0.4 is 5.73 Å². The van der Waals surface area contributed by atoms with Gasteiger partial charge in [-0.2, -0.15) is 10.1 Å². The van der Waals surface area contributed by atoms with Gasteiger partial charge in [-0.3, -0.25) is 9.67 Å². The van der Waals surface area contributed by atoms with Gasteiger partial charge in [0, 0.05) is 37.2 Å². The fourth-order valence-corrected chi connectivity index (χ4v) is 2.85. The van der Waals surface area contributed by atoms with Crippen molar-refractivity contribution in [1.82, 2.24) is 29.9 Å². The van der Waals surface area contributed by atoms with Crippen molar-refractivity contribution < 1.29 is 9.26 Å². The van der Waals surface area contributed by atoms with Crippen molar-refractivity contribution in [3.8, 4) is 22.7 Å². The number of ether oxygens (including phenoxy) is 1. The zero-order chi connectivity index (χ0) is 22.3. The molecule has 1 unspecified atom stereocenters. The highest BCUT2D eigenvalue weighted by Crippen LogP contribution is 2.26. The molecule has 0 radical (unpaired) electrons. The third-order valence-electron chi connectivity index (χ3n) is 4.96. The molecule has 0 saturated heterocycles. The first-order valence-electron chi connectivity index (χ1n) is 10.7. The monoisotopic (exact) mass is 433 g/mol. The number of methoxy groups -OCH3 is 1. The van der Waals surface area contributed by atoms with Gasteiger partial charge in [0.2, 0.25) is 0 Å². The largest absolute Gasteiger partial charge is 0.384 e. The maximum atomic E-state index is 5.63. The minimum absolute atomic E-state index is 0.0675. The number of nitrogen functional groups attached to an aromatic ring is 1. The Balaban J connectivity index is 0.000000754. The molecule has 0 amide bonds. The molecular weight excluding hydrogens is 406 g/mol. The highest BCUT2D eigenvalue weighted by molar-refractivity contribution is 5.59. The maximum Gasteiger partial charge on any atom is 0.261 e. The lowest BCUT2D eigenvalue weighted by Crippen LogP contribution is -2.03. The molecule has 0 spiro atoms. The Morgan fingerprint density at radius 1 is 1.06 bits per heavy atom. The first-order chi connectivity index (χ1) is 15.6. The second kappa shape index (κ2) is 10.1. The predicted molar refractivity (Wildman–Crippen MR) is 121 cm³/mol. The molecule has 166 valence electrons. The van der Waals surface area contributed by atoms with Crippen molar-refractivity contribution in [1.29, 1.82) is 0 Å². The van der Waals surface area contributed by atoms with E-state index < -0.39 is 0 Å². The SMILES string of the molecule is C1CC1.COCCn1cc(-c2nc(C(C)c3ccc(-c4ccc(N)nc4)nc3)no2)cn1. The van der Waals surface area contributed by atoms with Crippen molar-refractivity contribution in [3.05, 3.63) is 60.4 Å². The quantitative estimate of drug-likeness (QED) is 0.466. The summed E-state index contributed by atoms with van der Waals surface area (Å²) in [5.41, 5.74) is 9.13. The molecule has 32 heavy (non-hydrogen) atoms. The standard InChI is InChI=1S/C20H21N7O2.C3H6/c1-13(14-3-5-17(22-9-14)15-4-6-18(21)23-10-15)19-25-20(29-26-19)16-11-24-27(12-16)7-8-28-2;1-2-3-1/h3-6,9-13H,7-8H2,1-2H3,(H2,21,23);1-3H2. The van der Waals surface area contributed by atoms with Crippen molar-refractivity contribution in [2.75, 3.05) is 19.5 Å². The summed E-state index contributed by atoms with van der Waals surface area (Å²) < 4.78 is 12.3. The summed E-state index contributed by atoms with van der Waals surface area (Å²) in [6, 6.07) is 7.60. The van der Waals surface area contributed by atoms with Crippen molar-refractivity contribution >= 4 is 5.82 Å². The number of hydrogen-bond donors (Lipinski definition) is 1. The van der Waals surface area contributed by atoms with E-state index in [1.54, 1.807) is 30.3 Å². The molecule has 4 heterocycles. The van der Waals surface area contributed by atoms with E-state index in [4.69, 9.17) is 15.0 Å². The normalized spacial score (nSPS) is 13.3. The average molecular weight is 434 g/mol. The van der Waals surface area contributed by atoms with Gasteiger partial charge in [0.1, 0.15) is 5.82 Å². The molecule has 1 atom stereocenters. The lowest BCUT2D eigenvalue weighted by Gasteiger charge is -2.08. The van der Waals surface area contributed by atoms with Crippen LogP contribution in [0.1, 0.15) is 43.5 Å². The van der Waals surface area contributed by atoms with Crippen LogP contribution in [0.5, 0.6) is 0 Å². The first kappa shape index (κ1) is 21.6. The highest BCUT2D eigenvalue weighted by Gasteiger charge is 2.18. The van der Waals surface area contributed by atoms with E-state index in [-0.39, 0.29) is 5.92 Å². The third-order valence-corrected chi connectivity index (χ3v) is 4.96. The van der Waals surface area contributed by atoms with Gasteiger partial charge in [0.25, 0.3) is 5.89 Å². The van der Waals surface area contributed by atoms with Crippen LogP contribution in [0.2, 0.25) is 0 Å². The Bertz CT molecular complexity index is 1120. The molecule has 1 aliphatic rings. The summed E-state index contributed by atoms with van der Waals surface area (Å²) in [7, 11) is 1.66. The van der Waals surface area contributed by atoms with Crippen molar-refractivity contribution in [2.24, 2.45) is 0 Å². The smallest absolute Gasteiger partial charge is 0.261 e. The average Bonchev–Trinajstić information content (AvgIpc) is 3.49. The van der Waals surface area contributed by atoms with Crippen LogP contribution in [-0.2, 0) is 11.3 Å². The Hall–Kier alpha value is -3.59. The first-order valence-corrected chi connectivity index (χ1v) is 10.7. The summed E-state index contributed by atoms with van der Waals surface area (Å²) in [4.78, 5) is 13.2. The van der Waals surface area contributed by atoms with Gasteiger partial charge in [0.05, 0.1) is 30.6 Å². The van der Waals surface area contributed by atoms with Crippen molar-refractivity contribution in [3.63, 3.8) is 0 Å². The van der Waals surface area contributed by atoms with E-state index in [1.165, 1.54) is 19.3 Å². The molecule has 5 rings (SSSR count). The Morgan fingerprint density at radius 3 is 2.56 bits per heavy atom. The third kappa shape index (κ3) is 5.55. The van der Waals surface area contributed by atoms with Gasteiger partial charge in [0.15, 0.2) is 5.82 Å². The lowest BCUT2D eigenvalue weighted by atomic mass is 10.0. The summed E-state index contributed by atoms with van der Waals surface area (Å²) in [5.74, 6) is 1.44. The summed E-state index contributed by atoms with van der Waals surface area (Å²) in [6.45, 7) is 3.26. The van der Waals surface area contributed by atoms with E-state index in [0.717, 1.165) is 22.4 Å². The zero-order valence-corrected chi connectivity index (χ0v) is 18.3. The number of pyridine rings is 2. The number of rotatable bonds is 7. The van der Waals surface area contributed by atoms with E-state index in [0.29, 0.717) is 30.7 Å². The topological polar surface area (TPSA) is 118 Å². The van der Waals surface area contributed by atoms with Crippen LogP contribution in [0.3, 0.4) is 0 Å². The molecule has 1 saturated carbocycles. The van der Waals surface area contributed by atoms with E-state index in [9.17, 15) is 0 Å². The number of hydrogen-bond acceptors (Lipinski definition) is 8. The zero-order valence-electron chi connectivity index (χ0n) is 18.3. The molecule has 9 heteroatoms. The van der Waals surface area contributed by atoms with Crippen molar-refractivity contribution in [2.45, 2.75) is 38.6 Å². The van der Waals surface area contributed by atoms with Crippen LogP contribution in [0, 0.1) is 0 Å². The summed E-state index contributed by atoms with van der Waals surface area (Å²) in [6.07, 6.45) is 11.6. The number of nitrogens with two attached hydrogens (primary N) is 1. The van der Waals surface area contributed by atoms with Crippen LogP contribution in [0.4, 0.5) is 5.82 Å². The fourth-order valence-electron chi connectivity index (χ4n) is 2.85. The van der Waals surface area contributed by atoms with Crippen LogP contribution in [0.25, 0.3) is 22.7 Å². The molecule has 1 aliphatic carbocycles. The lowest BCUT2D eigenvalue weighted by molar-refractivity contribution is 0.183. The second-order valence-electron chi connectivity index (χ2n) is 7.67. The molecule has 4 aromatic heterocycles. The van der Waals surface area contributed by atoms with Gasteiger partial charge >= 0.3 is 0 Å². The van der Waals surface area contributed by atoms with Gasteiger partial charge in [-0.25, -0.2) is 4.98 Å². The van der Waals surface area contributed by atoms with Crippen LogP contribution in [0.15, 0.2) is 53.6 Å².